The lowest BCUT2D eigenvalue weighted by Crippen LogP contribution is -2.64. The predicted molar refractivity (Wildman–Crippen MR) is 153 cm³/mol. The zero-order valence-electron chi connectivity index (χ0n) is 23.9. The molecule has 5 rings (SSSR count). The van der Waals surface area contributed by atoms with Gasteiger partial charge in [0.05, 0.1) is 25.4 Å². The lowest BCUT2D eigenvalue weighted by molar-refractivity contribution is -0.205. The van der Waals surface area contributed by atoms with Gasteiger partial charge in [-0.15, -0.1) is 11.8 Å². The Morgan fingerprint density at radius 2 is 1.93 bits per heavy atom. The van der Waals surface area contributed by atoms with Crippen LogP contribution in [0.5, 0.6) is 0 Å². The summed E-state index contributed by atoms with van der Waals surface area (Å²) in [5.74, 6) is 2.30. The van der Waals surface area contributed by atoms with Gasteiger partial charge < -0.3 is 40.2 Å². The number of aliphatic hydroxyl groups is 3. The van der Waals surface area contributed by atoms with Crippen LogP contribution in [0.25, 0.3) is 0 Å². The minimum atomic E-state index is -1.35. The zero-order valence-corrected chi connectivity index (χ0v) is 24.7. The highest BCUT2D eigenvalue weighted by Gasteiger charge is 2.49. The Labute approximate surface area is 242 Å². The minimum Gasteiger partial charge on any atom is -0.388 e. The number of carbonyl (C=O) groups is 1. The SMILES string of the molecule is CC(C)C[C@@H]1CCO[C@@H]2[C@H](CN[C@@H]2C(=O)N[C@@H]2C/C=C\C(CN3CCOCC3)CS[C@H]3O[C@H]2[C@H](O)[C@H](O)[C@H]3O)C1. The molecule has 5 aliphatic heterocycles. The van der Waals surface area contributed by atoms with Gasteiger partial charge in [-0.2, -0.15) is 0 Å². The van der Waals surface area contributed by atoms with E-state index in [9.17, 15) is 20.1 Å². The summed E-state index contributed by atoms with van der Waals surface area (Å²) in [6.07, 6.45) is 3.05. The number of hydrogen-bond donors (Lipinski definition) is 5. The maximum Gasteiger partial charge on any atom is 0.240 e. The summed E-state index contributed by atoms with van der Waals surface area (Å²) in [5, 5.41) is 38.9. The molecule has 0 aromatic rings. The van der Waals surface area contributed by atoms with Crippen LogP contribution in [-0.2, 0) is 19.0 Å². The van der Waals surface area contributed by atoms with E-state index in [1.807, 2.05) is 0 Å². The van der Waals surface area contributed by atoms with Crippen molar-refractivity contribution in [3.8, 4) is 0 Å². The summed E-state index contributed by atoms with van der Waals surface area (Å²) < 4.78 is 18.0. The highest BCUT2D eigenvalue weighted by atomic mass is 32.2. The van der Waals surface area contributed by atoms with Crippen LogP contribution in [0.4, 0.5) is 0 Å². The second kappa shape index (κ2) is 14.1. The van der Waals surface area contributed by atoms with E-state index in [-0.39, 0.29) is 17.9 Å². The Balaban J connectivity index is 1.28. The van der Waals surface area contributed by atoms with E-state index in [2.05, 4.69) is 41.5 Å². The summed E-state index contributed by atoms with van der Waals surface area (Å²) in [5.41, 5.74) is -0.696. The molecule has 0 spiro atoms. The van der Waals surface area contributed by atoms with Crippen molar-refractivity contribution in [3.05, 3.63) is 12.2 Å². The topological polar surface area (TPSA) is 133 Å². The number of morpholine rings is 1. The number of hydrogen-bond acceptors (Lipinski definition) is 10. The monoisotopic (exact) mass is 583 g/mol. The van der Waals surface area contributed by atoms with Crippen molar-refractivity contribution < 1.29 is 34.3 Å². The first-order chi connectivity index (χ1) is 19.3. The molecule has 11 atom stereocenters. The first kappa shape index (κ1) is 30.7. The molecule has 1 unspecified atom stereocenters. The van der Waals surface area contributed by atoms with Gasteiger partial charge >= 0.3 is 0 Å². The molecule has 10 nitrogen and oxygen atoms in total. The van der Waals surface area contributed by atoms with Gasteiger partial charge in [0, 0.05) is 38.5 Å². The third kappa shape index (κ3) is 7.41. The quantitative estimate of drug-likeness (QED) is 0.279. The van der Waals surface area contributed by atoms with Gasteiger partial charge in [-0.3, -0.25) is 9.69 Å². The van der Waals surface area contributed by atoms with Crippen molar-refractivity contribution in [2.45, 2.75) is 87.6 Å². The average Bonchev–Trinajstić information content (AvgIpc) is 3.22. The van der Waals surface area contributed by atoms with Gasteiger partial charge in [0.1, 0.15) is 35.9 Å². The second-order valence-corrected chi connectivity index (χ2v) is 13.9. The van der Waals surface area contributed by atoms with Gasteiger partial charge in [0.25, 0.3) is 0 Å². The largest absolute Gasteiger partial charge is 0.388 e. The maximum atomic E-state index is 13.7. The number of amides is 1. The number of rotatable bonds is 6. The molecule has 1 amide bonds. The Kier molecular flexibility index (Phi) is 10.8. The Morgan fingerprint density at radius 1 is 1.12 bits per heavy atom. The van der Waals surface area contributed by atoms with E-state index in [0.717, 1.165) is 52.2 Å². The molecule has 11 heteroatoms. The third-order valence-electron chi connectivity index (χ3n) is 9.15. The lowest BCUT2D eigenvalue weighted by atomic mass is 9.85. The van der Waals surface area contributed by atoms with Crippen molar-refractivity contribution in [3.63, 3.8) is 0 Å². The van der Waals surface area contributed by atoms with E-state index >= 15 is 0 Å². The van der Waals surface area contributed by atoms with Crippen molar-refractivity contribution in [2.24, 2.45) is 23.7 Å². The third-order valence-corrected chi connectivity index (χ3v) is 10.5. The predicted octanol–water partition coefficient (Wildman–Crippen LogP) is 0.350. The summed E-state index contributed by atoms with van der Waals surface area (Å²) in [7, 11) is 0. The van der Waals surface area contributed by atoms with Crippen LogP contribution in [-0.4, -0.2) is 126 Å². The molecule has 0 aromatic carbocycles. The van der Waals surface area contributed by atoms with E-state index in [1.165, 1.54) is 18.2 Å². The maximum absolute atomic E-state index is 13.7. The second-order valence-electron chi connectivity index (χ2n) is 12.7. The molecule has 5 N–H and O–H groups in total. The lowest BCUT2D eigenvalue weighted by Gasteiger charge is -2.44. The first-order valence-corrected chi connectivity index (χ1v) is 16.3. The number of carbonyl (C=O) groups excluding carboxylic acids is 1. The number of fused-ring (bicyclic) bond motifs is 3. The highest BCUT2D eigenvalue weighted by molar-refractivity contribution is 7.99. The van der Waals surface area contributed by atoms with Gasteiger partial charge in [-0.25, -0.2) is 0 Å². The van der Waals surface area contributed by atoms with Crippen LogP contribution >= 0.6 is 11.8 Å². The first-order valence-electron chi connectivity index (χ1n) is 15.2. The summed E-state index contributed by atoms with van der Waals surface area (Å²) in [6, 6.07) is -1.04. The Hall–Kier alpha value is -0.760. The number of thioether (sulfide) groups is 1. The number of aliphatic hydroxyl groups excluding tert-OH is 3. The van der Waals surface area contributed by atoms with Crippen LogP contribution < -0.4 is 10.6 Å². The highest BCUT2D eigenvalue weighted by Crippen LogP contribution is 2.35. The summed E-state index contributed by atoms with van der Waals surface area (Å²) in [6.45, 7) is 10.0. The van der Waals surface area contributed by atoms with Crippen LogP contribution in [0.2, 0.25) is 0 Å². The summed E-state index contributed by atoms with van der Waals surface area (Å²) in [4.78, 5) is 16.1. The molecule has 2 bridgehead atoms. The molecule has 4 saturated heterocycles. The molecule has 0 aromatic heterocycles. The van der Waals surface area contributed by atoms with Crippen molar-refractivity contribution in [2.75, 3.05) is 51.8 Å². The molecular weight excluding hydrogens is 534 g/mol. The fourth-order valence-corrected chi connectivity index (χ4v) is 8.30. The molecule has 0 saturated carbocycles. The van der Waals surface area contributed by atoms with Gasteiger partial charge in [-0.1, -0.05) is 26.0 Å². The van der Waals surface area contributed by atoms with Gasteiger partial charge in [0.2, 0.25) is 5.91 Å². The van der Waals surface area contributed by atoms with Crippen molar-refractivity contribution in [1.82, 2.24) is 15.5 Å². The van der Waals surface area contributed by atoms with Gasteiger partial charge in [-0.05, 0) is 49.4 Å². The van der Waals surface area contributed by atoms with E-state index < -0.39 is 41.9 Å². The van der Waals surface area contributed by atoms with Crippen LogP contribution in [0.1, 0.15) is 39.5 Å². The van der Waals surface area contributed by atoms with Crippen molar-refractivity contribution in [1.29, 1.82) is 0 Å². The fourth-order valence-electron chi connectivity index (χ4n) is 7.08. The number of nitrogens with zero attached hydrogens (tertiary/aromatic N) is 1. The summed E-state index contributed by atoms with van der Waals surface area (Å²) >= 11 is 1.46. The molecule has 5 aliphatic rings. The van der Waals surface area contributed by atoms with E-state index in [1.54, 1.807) is 0 Å². The molecular formula is C29H49N3O7S. The Bertz CT molecular complexity index is 859. The standard InChI is InChI=1S/C29H49N3O7S/c1-17(2)12-18-6-9-38-26-20(13-18)14-30-22(26)28(36)31-21-5-3-4-19(15-32-7-10-37-11-8-32)16-40-29-25(35)23(33)24(34)27(21)39-29/h3-4,17-27,29-30,33-35H,5-16H2,1-2H3,(H,31,36)/b4-3-/t18-,19?,20-,21+,22-,23-,24+,25+,26+,27+,29+/m0/s1. The molecule has 40 heavy (non-hydrogen) atoms. The van der Waals surface area contributed by atoms with Crippen LogP contribution in [0, 0.1) is 23.7 Å². The number of ether oxygens (including phenoxy) is 3. The normalized spacial score (nSPS) is 44.0. The molecule has 228 valence electrons. The van der Waals surface area contributed by atoms with Gasteiger partial charge in [0.15, 0.2) is 0 Å². The molecule has 0 radical (unpaired) electrons. The smallest absolute Gasteiger partial charge is 0.240 e. The fraction of sp³-hybridized carbons (Fsp3) is 0.897. The Morgan fingerprint density at radius 3 is 2.70 bits per heavy atom. The molecule has 4 fully saturated rings. The van der Waals surface area contributed by atoms with E-state index in [4.69, 9.17) is 14.2 Å². The molecule has 0 aliphatic carbocycles. The minimum absolute atomic E-state index is 0.171. The molecule has 5 heterocycles. The van der Waals surface area contributed by atoms with Crippen LogP contribution in [0.3, 0.4) is 0 Å². The zero-order chi connectivity index (χ0) is 28.2. The van der Waals surface area contributed by atoms with Crippen molar-refractivity contribution >= 4 is 17.7 Å². The van der Waals surface area contributed by atoms with E-state index in [0.29, 0.717) is 36.5 Å². The average molecular weight is 584 g/mol. The van der Waals surface area contributed by atoms with Crippen LogP contribution in [0.15, 0.2) is 12.2 Å². The number of nitrogens with one attached hydrogen (secondary N) is 2.